The minimum atomic E-state index is -0.299. The SMILES string of the molecule is CCC(N)C(=O)N(CC)C1CCCCC1. The van der Waals surface area contributed by atoms with Crippen molar-refractivity contribution in [1.29, 1.82) is 0 Å². The number of amides is 1. The summed E-state index contributed by atoms with van der Waals surface area (Å²) in [7, 11) is 0. The maximum Gasteiger partial charge on any atom is 0.239 e. The van der Waals surface area contributed by atoms with Crippen LogP contribution < -0.4 is 5.73 Å². The highest BCUT2D eigenvalue weighted by Crippen LogP contribution is 2.22. The molecule has 3 nitrogen and oxygen atoms in total. The molecule has 2 N–H and O–H groups in total. The second-order valence-electron chi connectivity index (χ2n) is 4.43. The monoisotopic (exact) mass is 212 g/mol. The molecule has 3 heteroatoms. The van der Waals surface area contributed by atoms with Gasteiger partial charge in [-0.15, -0.1) is 0 Å². The first kappa shape index (κ1) is 12.5. The Bertz CT molecular complexity index is 200. The Morgan fingerprint density at radius 3 is 2.40 bits per heavy atom. The van der Waals surface area contributed by atoms with Crippen molar-refractivity contribution in [3.63, 3.8) is 0 Å². The van der Waals surface area contributed by atoms with Crippen LogP contribution >= 0.6 is 0 Å². The molecule has 0 spiro atoms. The van der Waals surface area contributed by atoms with Crippen molar-refractivity contribution < 1.29 is 4.79 Å². The van der Waals surface area contributed by atoms with Gasteiger partial charge in [0.15, 0.2) is 0 Å². The van der Waals surface area contributed by atoms with Crippen molar-refractivity contribution in [3.8, 4) is 0 Å². The zero-order chi connectivity index (χ0) is 11.3. The van der Waals surface area contributed by atoms with E-state index in [4.69, 9.17) is 5.73 Å². The van der Waals surface area contributed by atoms with Crippen LogP contribution in [-0.2, 0) is 4.79 Å². The van der Waals surface area contributed by atoms with Gasteiger partial charge < -0.3 is 10.6 Å². The molecule has 1 saturated carbocycles. The van der Waals surface area contributed by atoms with Crippen molar-refractivity contribution in [1.82, 2.24) is 4.90 Å². The van der Waals surface area contributed by atoms with E-state index >= 15 is 0 Å². The molecule has 0 aromatic rings. The molecule has 88 valence electrons. The van der Waals surface area contributed by atoms with E-state index in [1.54, 1.807) is 0 Å². The zero-order valence-electron chi connectivity index (χ0n) is 10.0. The summed E-state index contributed by atoms with van der Waals surface area (Å²) in [5.74, 6) is 0.145. The van der Waals surface area contributed by atoms with E-state index in [0.29, 0.717) is 6.04 Å². The van der Waals surface area contributed by atoms with Gasteiger partial charge >= 0.3 is 0 Å². The molecule has 0 aromatic carbocycles. The molecule has 0 radical (unpaired) electrons. The van der Waals surface area contributed by atoms with Crippen molar-refractivity contribution in [2.75, 3.05) is 6.54 Å². The summed E-state index contributed by atoms with van der Waals surface area (Å²) in [6.07, 6.45) is 6.90. The fourth-order valence-corrected chi connectivity index (χ4v) is 2.37. The Morgan fingerprint density at radius 1 is 1.33 bits per heavy atom. The van der Waals surface area contributed by atoms with Gasteiger partial charge in [-0.3, -0.25) is 4.79 Å². The number of rotatable bonds is 4. The molecule has 1 rings (SSSR count). The molecule has 1 unspecified atom stereocenters. The molecule has 15 heavy (non-hydrogen) atoms. The van der Waals surface area contributed by atoms with Gasteiger partial charge in [-0.05, 0) is 26.2 Å². The Balaban J connectivity index is 2.56. The van der Waals surface area contributed by atoms with Gasteiger partial charge in [0.2, 0.25) is 5.91 Å². The summed E-state index contributed by atoms with van der Waals surface area (Å²) in [5, 5.41) is 0. The third kappa shape index (κ3) is 3.20. The molecule has 0 aliphatic heterocycles. The van der Waals surface area contributed by atoms with Crippen molar-refractivity contribution in [3.05, 3.63) is 0 Å². The average Bonchev–Trinajstić information content (AvgIpc) is 2.30. The van der Waals surface area contributed by atoms with Crippen molar-refractivity contribution in [2.24, 2.45) is 5.73 Å². The minimum absolute atomic E-state index is 0.145. The quantitative estimate of drug-likeness (QED) is 0.773. The van der Waals surface area contributed by atoms with Crippen LogP contribution in [0, 0.1) is 0 Å². The van der Waals surface area contributed by atoms with Gasteiger partial charge in [0.1, 0.15) is 0 Å². The summed E-state index contributed by atoms with van der Waals surface area (Å²) < 4.78 is 0. The van der Waals surface area contributed by atoms with Gasteiger partial charge in [-0.25, -0.2) is 0 Å². The van der Waals surface area contributed by atoms with E-state index in [1.807, 2.05) is 11.8 Å². The van der Waals surface area contributed by atoms with Crippen LogP contribution in [-0.4, -0.2) is 29.4 Å². The molecule has 1 aliphatic rings. The Morgan fingerprint density at radius 2 is 1.93 bits per heavy atom. The van der Waals surface area contributed by atoms with E-state index in [0.717, 1.165) is 25.8 Å². The van der Waals surface area contributed by atoms with Crippen LogP contribution in [0.4, 0.5) is 0 Å². The lowest BCUT2D eigenvalue weighted by Crippen LogP contribution is -2.48. The van der Waals surface area contributed by atoms with E-state index in [-0.39, 0.29) is 11.9 Å². The zero-order valence-corrected chi connectivity index (χ0v) is 10.0. The summed E-state index contributed by atoms with van der Waals surface area (Å²) in [6.45, 7) is 4.82. The summed E-state index contributed by atoms with van der Waals surface area (Å²) in [6, 6.07) is 0.153. The molecule has 1 atom stereocenters. The number of hydrogen-bond acceptors (Lipinski definition) is 2. The fraction of sp³-hybridized carbons (Fsp3) is 0.917. The van der Waals surface area contributed by atoms with Gasteiger partial charge in [-0.1, -0.05) is 26.2 Å². The number of nitrogens with zero attached hydrogens (tertiary/aromatic N) is 1. The lowest BCUT2D eigenvalue weighted by atomic mass is 9.93. The standard InChI is InChI=1S/C12H24N2O/c1-3-11(13)12(15)14(4-2)10-8-6-5-7-9-10/h10-11H,3-9,13H2,1-2H3. The molecule has 0 heterocycles. The number of carbonyl (C=O) groups excluding carboxylic acids is 1. The van der Waals surface area contributed by atoms with E-state index in [1.165, 1.54) is 19.3 Å². The maximum absolute atomic E-state index is 12.0. The lowest BCUT2D eigenvalue weighted by molar-refractivity contribution is -0.135. The normalized spacial score (nSPS) is 19.9. The van der Waals surface area contributed by atoms with E-state index in [2.05, 4.69) is 6.92 Å². The predicted molar refractivity (Wildman–Crippen MR) is 62.5 cm³/mol. The summed E-state index contributed by atoms with van der Waals surface area (Å²) in [5.41, 5.74) is 5.81. The lowest BCUT2D eigenvalue weighted by Gasteiger charge is -2.35. The minimum Gasteiger partial charge on any atom is -0.339 e. The van der Waals surface area contributed by atoms with Gasteiger partial charge in [0.05, 0.1) is 6.04 Å². The number of hydrogen-bond donors (Lipinski definition) is 1. The van der Waals surface area contributed by atoms with Gasteiger partial charge in [0, 0.05) is 12.6 Å². The van der Waals surface area contributed by atoms with Crippen LogP contribution in [0.25, 0.3) is 0 Å². The van der Waals surface area contributed by atoms with Crippen molar-refractivity contribution >= 4 is 5.91 Å². The molecular weight excluding hydrogens is 188 g/mol. The molecule has 0 bridgehead atoms. The first-order valence-corrected chi connectivity index (χ1v) is 6.26. The highest BCUT2D eigenvalue weighted by atomic mass is 16.2. The first-order valence-electron chi connectivity index (χ1n) is 6.26. The Kier molecular flexibility index (Phi) is 5.09. The summed E-state index contributed by atoms with van der Waals surface area (Å²) in [4.78, 5) is 14.0. The van der Waals surface area contributed by atoms with Crippen LogP contribution in [0.5, 0.6) is 0 Å². The van der Waals surface area contributed by atoms with Gasteiger partial charge in [0.25, 0.3) is 0 Å². The van der Waals surface area contributed by atoms with Crippen LogP contribution in [0.15, 0.2) is 0 Å². The topological polar surface area (TPSA) is 46.3 Å². The highest BCUT2D eigenvalue weighted by molar-refractivity contribution is 5.81. The van der Waals surface area contributed by atoms with Crippen LogP contribution in [0.1, 0.15) is 52.4 Å². The van der Waals surface area contributed by atoms with Gasteiger partial charge in [-0.2, -0.15) is 0 Å². The fourth-order valence-electron chi connectivity index (χ4n) is 2.37. The second kappa shape index (κ2) is 6.11. The molecule has 1 aliphatic carbocycles. The highest BCUT2D eigenvalue weighted by Gasteiger charge is 2.26. The molecule has 1 fully saturated rings. The van der Waals surface area contributed by atoms with Crippen molar-refractivity contribution in [2.45, 2.75) is 64.5 Å². The molecule has 0 saturated heterocycles. The molecule has 1 amide bonds. The third-order valence-electron chi connectivity index (χ3n) is 3.40. The van der Waals surface area contributed by atoms with Crippen LogP contribution in [0.2, 0.25) is 0 Å². The van der Waals surface area contributed by atoms with E-state index in [9.17, 15) is 4.79 Å². The summed E-state index contributed by atoms with van der Waals surface area (Å²) >= 11 is 0. The number of nitrogens with two attached hydrogens (primary N) is 1. The molecule has 0 aromatic heterocycles. The Labute approximate surface area is 93.0 Å². The smallest absolute Gasteiger partial charge is 0.239 e. The van der Waals surface area contributed by atoms with Crippen LogP contribution in [0.3, 0.4) is 0 Å². The van der Waals surface area contributed by atoms with E-state index < -0.39 is 0 Å². The average molecular weight is 212 g/mol. The molecular formula is C12H24N2O. The second-order valence-corrected chi connectivity index (χ2v) is 4.43. The Hall–Kier alpha value is -0.570. The number of likely N-dealkylation sites (N-methyl/N-ethyl adjacent to an activating group) is 1. The number of carbonyl (C=O) groups is 1. The predicted octanol–water partition coefficient (Wildman–Crippen LogP) is 1.90. The largest absolute Gasteiger partial charge is 0.339 e. The maximum atomic E-state index is 12.0. The third-order valence-corrected chi connectivity index (χ3v) is 3.40. The first-order chi connectivity index (χ1) is 7.20.